The van der Waals surface area contributed by atoms with Gasteiger partial charge >= 0.3 is 5.97 Å². The van der Waals surface area contributed by atoms with E-state index in [0.29, 0.717) is 19.4 Å². The Kier molecular flexibility index (Phi) is 6.62. The molecule has 0 spiro atoms. The van der Waals surface area contributed by atoms with Gasteiger partial charge in [-0.1, -0.05) is 0 Å². The second-order valence-corrected chi connectivity index (χ2v) is 4.50. The molecule has 1 heterocycles. The number of carbonyl (C=O) groups excluding carboxylic acids is 1. The number of unbranched alkanes of at least 4 members (excludes halogenated alkanes) is 1. The molecule has 1 amide bonds. The Morgan fingerprint density at radius 2 is 1.82 bits per heavy atom. The number of nitrogens with one attached hydrogen (secondary N) is 1. The van der Waals surface area contributed by atoms with Gasteiger partial charge in [-0.05, 0) is 38.8 Å². The van der Waals surface area contributed by atoms with Crippen LogP contribution in [0.25, 0.3) is 0 Å². The highest BCUT2D eigenvalue weighted by atomic mass is 16.4. The highest BCUT2D eigenvalue weighted by Gasteiger charge is 2.12. The number of hydrogen-bond donors (Lipinski definition) is 2. The van der Waals surface area contributed by atoms with Crippen LogP contribution < -0.4 is 5.32 Å². The number of aliphatic carboxylic acids is 1. The van der Waals surface area contributed by atoms with E-state index in [2.05, 4.69) is 10.2 Å². The van der Waals surface area contributed by atoms with Gasteiger partial charge in [0, 0.05) is 25.9 Å². The lowest BCUT2D eigenvalue weighted by atomic mass is 10.2. The molecule has 0 aromatic heterocycles. The molecule has 1 fully saturated rings. The third kappa shape index (κ3) is 6.94. The van der Waals surface area contributed by atoms with Crippen molar-refractivity contribution in [2.75, 3.05) is 26.2 Å². The quantitative estimate of drug-likeness (QED) is 0.619. The first-order valence-electron chi connectivity index (χ1n) is 6.39. The Morgan fingerprint density at radius 3 is 2.47 bits per heavy atom. The summed E-state index contributed by atoms with van der Waals surface area (Å²) in [5, 5.41) is 11.3. The molecule has 0 aromatic rings. The van der Waals surface area contributed by atoms with Crippen molar-refractivity contribution in [3.05, 3.63) is 0 Å². The van der Waals surface area contributed by atoms with Crippen molar-refractivity contribution >= 4 is 11.9 Å². The Morgan fingerprint density at radius 1 is 1.12 bits per heavy atom. The largest absolute Gasteiger partial charge is 0.481 e. The Hall–Kier alpha value is -1.10. The van der Waals surface area contributed by atoms with Crippen molar-refractivity contribution in [2.24, 2.45) is 0 Å². The van der Waals surface area contributed by atoms with Crippen LogP contribution in [0.2, 0.25) is 0 Å². The van der Waals surface area contributed by atoms with Crippen LogP contribution in [0.1, 0.15) is 38.5 Å². The Bertz CT molecular complexity index is 250. The van der Waals surface area contributed by atoms with Crippen molar-refractivity contribution < 1.29 is 14.7 Å². The number of carboxylic acid groups (broad SMARTS) is 1. The number of nitrogens with zero attached hydrogens (tertiary/aromatic N) is 1. The summed E-state index contributed by atoms with van der Waals surface area (Å²) >= 11 is 0. The fraction of sp³-hybridized carbons (Fsp3) is 0.833. The predicted molar refractivity (Wildman–Crippen MR) is 64.8 cm³/mol. The van der Waals surface area contributed by atoms with Crippen LogP contribution in [0.5, 0.6) is 0 Å². The van der Waals surface area contributed by atoms with Crippen LogP contribution in [0.3, 0.4) is 0 Å². The SMILES string of the molecule is O=C(O)CCCCNC(=O)CCN1CCCC1. The van der Waals surface area contributed by atoms with Gasteiger partial charge in [0.1, 0.15) is 0 Å². The van der Waals surface area contributed by atoms with E-state index in [1.54, 1.807) is 0 Å². The zero-order valence-corrected chi connectivity index (χ0v) is 10.3. The lowest BCUT2D eigenvalue weighted by Gasteiger charge is -2.13. The van der Waals surface area contributed by atoms with Crippen molar-refractivity contribution in [1.82, 2.24) is 10.2 Å². The van der Waals surface area contributed by atoms with E-state index in [1.165, 1.54) is 12.8 Å². The number of amides is 1. The van der Waals surface area contributed by atoms with Gasteiger partial charge in [0.2, 0.25) is 5.91 Å². The van der Waals surface area contributed by atoms with Crippen LogP contribution >= 0.6 is 0 Å². The monoisotopic (exact) mass is 242 g/mol. The molecule has 17 heavy (non-hydrogen) atoms. The fourth-order valence-electron chi connectivity index (χ4n) is 1.98. The van der Waals surface area contributed by atoms with E-state index in [4.69, 9.17) is 5.11 Å². The third-order valence-corrected chi connectivity index (χ3v) is 2.99. The molecule has 1 rings (SSSR count). The molecule has 98 valence electrons. The minimum Gasteiger partial charge on any atom is -0.481 e. The van der Waals surface area contributed by atoms with Crippen molar-refractivity contribution in [2.45, 2.75) is 38.5 Å². The third-order valence-electron chi connectivity index (χ3n) is 2.99. The lowest BCUT2D eigenvalue weighted by Crippen LogP contribution is -2.29. The van der Waals surface area contributed by atoms with E-state index < -0.39 is 5.97 Å². The molecule has 0 radical (unpaired) electrons. The van der Waals surface area contributed by atoms with Crippen LogP contribution in [0, 0.1) is 0 Å². The molecule has 5 nitrogen and oxygen atoms in total. The summed E-state index contributed by atoms with van der Waals surface area (Å²) in [7, 11) is 0. The highest BCUT2D eigenvalue weighted by Crippen LogP contribution is 2.07. The number of carbonyl (C=O) groups is 2. The molecule has 1 aliphatic rings. The lowest BCUT2D eigenvalue weighted by molar-refractivity contribution is -0.137. The van der Waals surface area contributed by atoms with Gasteiger partial charge in [0.05, 0.1) is 0 Å². The summed E-state index contributed by atoms with van der Waals surface area (Å²) in [6.07, 6.45) is 4.60. The van der Waals surface area contributed by atoms with Crippen LogP contribution in [0.4, 0.5) is 0 Å². The molecule has 0 saturated carbocycles. The maximum absolute atomic E-state index is 11.4. The highest BCUT2D eigenvalue weighted by molar-refractivity contribution is 5.76. The number of rotatable bonds is 8. The molecular formula is C12H22N2O3. The van der Waals surface area contributed by atoms with E-state index >= 15 is 0 Å². The van der Waals surface area contributed by atoms with Gasteiger partial charge in [-0.3, -0.25) is 9.59 Å². The normalized spacial score (nSPS) is 16.0. The van der Waals surface area contributed by atoms with E-state index in [9.17, 15) is 9.59 Å². The topological polar surface area (TPSA) is 69.6 Å². The second-order valence-electron chi connectivity index (χ2n) is 4.50. The van der Waals surface area contributed by atoms with Gasteiger partial charge in [-0.15, -0.1) is 0 Å². The predicted octanol–water partition coefficient (Wildman–Crippen LogP) is 0.843. The summed E-state index contributed by atoms with van der Waals surface area (Å²) in [4.78, 5) is 24.0. The van der Waals surface area contributed by atoms with Crippen molar-refractivity contribution in [1.29, 1.82) is 0 Å². The van der Waals surface area contributed by atoms with Gasteiger partial charge in [0.15, 0.2) is 0 Å². The van der Waals surface area contributed by atoms with Crippen molar-refractivity contribution in [3.63, 3.8) is 0 Å². The molecule has 0 unspecified atom stereocenters. The summed E-state index contributed by atoms with van der Waals surface area (Å²) in [5.41, 5.74) is 0. The molecule has 0 aromatic carbocycles. The van der Waals surface area contributed by atoms with Crippen LogP contribution in [-0.4, -0.2) is 48.1 Å². The Labute approximate surface area is 102 Å². The molecular weight excluding hydrogens is 220 g/mol. The van der Waals surface area contributed by atoms with Gasteiger partial charge in [-0.25, -0.2) is 0 Å². The molecule has 0 bridgehead atoms. The minimum atomic E-state index is -0.773. The number of hydrogen-bond acceptors (Lipinski definition) is 3. The van der Waals surface area contributed by atoms with Crippen molar-refractivity contribution in [3.8, 4) is 0 Å². The molecule has 5 heteroatoms. The van der Waals surface area contributed by atoms with Gasteiger partial charge in [0.25, 0.3) is 0 Å². The van der Waals surface area contributed by atoms with E-state index in [0.717, 1.165) is 26.1 Å². The zero-order valence-electron chi connectivity index (χ0n) is 10.3. The summed E-state index contributed by atoms with van der Waals surface area (Å²) in [6, 6.07) is 0. The molecule has 1 aliphatic heterocycles. The van der Waals surface area contributed by atoms with E-state index in [1.807, 2.05) is 0 Å². The first-order chi connectivity index (χ1) is 8.18. The van der Waals surface area contributed by atoms with E-state index in [-0.39, 0.29) is 12.3 Å². The van der Waals surface area contributed by atoms with Crippen LogP contribution in [-0.2, 0) is 9.59 Å². The molecule has 2 N–H and O–H groups in total. The van der Waals surface area contributed by atoms with Gasteiger partial charge in [-0.2, -0.15) is 0 Å². The first-order valence-corrected chi connectivity index (χ1v) is 6.39. The second kappa shape index (κ2) is 8.06. The molecule has 1 saturated heterocycles. The fourth-order valence-corrected chi connectivity index (χ4v) is 1.98. The van der Waals surface area contributed by atoms with Gasteiger partial charge < -0.3 is 15.3 Å². The minimum absolute atomic E-state index is 0.0761. The number of likely N-dealkylation sites (tertiary alicyclic amines) is 1. The Balaban J connectivity index is 1.92. The van der Waals surface area contributed by atoms with Crippen LogP contribution in [0.15, 0.2) is 0 Å². The smallest absolute Gasteiger partial charge is 0.303 e. The maximum Gasteiger partial charge on any atom is 0.303 e. The zero-order chi connectivity index (χ0) is 12.5. The standard InChI is InChI=1S/C12H22N2O3/c15-11(6-10-14-8-3-4-9-14)13-7-2-1-5-12(16)17/h1-10H2,(H,13,15)(H,16,17). The average Bonchev–Trinajstić information content (AvgIpc) is 2.78. The summed E-state index contributed by atoms with van der Waals surface area (Å²) in [5.74, 6) is -0.697. The summed E-state index contributed by atoms with van der Waals surface area (Å²) < 4.78 is 0. The average molecular weight is 242 g/mol. The molecule has 0 atom stereocenters. The number of carboxylic acids is 1. The maximum atomic E-state index is 11.4. The summed E-state index contributed by atoms with van der Waals surface area (Å²) in [6.45, 7) is 3.67. The molecule has 0 aliphatic carbocycles. The first kappa shape index (κ1) is 14.0.